The molecule has 1 fully saturated rings. The molecule has 0 saturated heterocycles. The maximum atomic E-state index is 10.6. The third-order valence-corrected chi connectivity index (χ3v) is 5.03. The minimum absolute atomic E-state index is 0.285. The molecule has 1 aromatic carbocycles. The number of nitrogens with zero attached hydrogens (tertiary/aromatic N) is 1. The van der Waals surface area contributed by atoms with Crippen molar-refractivity contribution >= 4 is 21.9 Å². The molecule has 0 radical (unpaired) electrons. The predicted molar refractivity (Wildman–Crippen MR) is 88.3 cm³/mol. The first-order chi connectivity index (χ1) is 10.2. The molecule has 0 unspecified atom stereocenters. The van der Waals surface area contributed by atoms with Crippen LogP contribution in [0.15, 0.2) is 28.7 Å². The average molecular weight is 354 g/mol. The van der Waals surface area contributed by atoms with Crippen LogP contribution in [0.5, 0.6) is 0 Å². The van der Waals surface area contributed by atoms with Gasteiger partial charge in [0.1, 0.15) is 0 Å². The Morgan fingerprint density at radius 3 is 2.62 bits per heavy atom. The van der Waals surface area contributed by atoms with E-state index in [2.05, 4.69) is 39.0 Å². The van der Waals surface area contributed by atoms with Gasteiger partial charge in [0, 0.05) is 23.5 Å². The topological polar surface area (TPSA) is 40.5 Å². The number of hydrogen-bond acceptors (Lipinski definition) is 2. The highest BCUT2D eigenvalue weighted by Gasteiger charge is 2.22. The summed E-state index contributed by atoms with van der Waals surface area (Å²) in [5.41, 5.74) is 1.32. The molecule has 0 amide bonds. The SMILES string of the molecule is O=C(O)CCCCN(Cc1ccccc1Br)C1CCCC1. The number of rotatable bonds is 8. The number of carbonyl (C=O) groups is 1. The number of carboxylic acids is 1. The van der Waals surface area contributed by atoms with Crippen LogP contribution in [-0.2, 0) is 11.3 Å². The van der Waals surface area contributed by atoms with Gasteiger partial charge in [-0.2, -0.15) is 0 Å². The van der Waals surface area contributed by atoms with Crippen molar-refractivity contribution in [3.63, 3.8) is 0 Å². The normalized spacial score (nSPS) is 15.7. The summed E-state index contributed by atoms with van der Waals surface area (Å²) >= 11 is 3.63. The first kappa shape index (κ1) is 16.5. The Kier molecular flexibility index (Phi) is 6.71. The van der Waals surface area contributed by atoms with Crippen LogP contribution in [0.4, 0.5) is 0 Å². The molecule has 2 rings (SSSR count). The van der Waals surface area contributed by atoms with Crippen LogP contribution < -0.4 is 0 Å². The molecule has 0 aliphatic heterocycles. The molecular formula is C17H24BrNO2. The standard InChI is InChI=1S/C17H24BrNO2/c18-16-10-4-1-7-14(16)13-19(15-8-2-3-9-15)12-6-5-11-17(20)21/h1,4,7,10,15H,2-3,5-6,8-9,11-13H2,(H,20,21). The van der Waals surface area contributed by atoms with Crippen LogP contribution in [0.1, 0.15) is 50.5 Å². The van der Waals surface area contributed by atoms with Crippen molar-refractivity contribution in [2.75, 3.05) is 6.54 Å². The third-order valence-electron chi connectivity index (χ3n) is 4.26. The smallest absolute Gasteiger partial charge is 0.303 e. The van der Waals surface area contributed by atoms with Gasteiger partial charge in [0.2, 0.25) is 0 Å². The Hall–Kier alpha value is -0.870. The van der Waals surface area contributed by atoms with Gasteiger partial charge in [-0.15, -0.1) is 0 Å². The molecule has 0 atom stereocenters. The summed E-state index contributed by atoms with van der Waals surface area (Å²) in [4.78, 5) is 13.2. The zero-order valence-corrected chi connectivity index (χ0v) is 14.0. The van der Waals surface area contributed by atoms with Gasteiger partial charge < -0.3 is 5.11 Å². The fraction of sp³-hybridized carbons (Fsp3) is 0.588. The lowest BCUT2D eigenvalue weighted by Crippen LogP contribution is -2.33. The van der Waals surface area contributed by atoms with Gasteiger partial charge in [0.15, 0.2) is 0 Å². The summed E-state index contributed by atoms with van der Waals surface area (Å²) in [6.07, 6.45) is 7.24. The summed E-state index contributed by atoms with van der Waals surface area (Å²) in [5.74, 6) is -0.687. The molecule has 1 aromatic rings. The molecule has 1 aliphatic carbocycles. The second-order valence-electron chi connectivity index (χ2n) is 5.85. The second-order valence-corrected chi connectivity index (χ2v) is 6.71. The zero-order valence-electron chi connectivity index (χ0n) is 12.4. The Labute approximate surface area is 135 Å². The number of aliphatic carboxylic acids is 1. The molecule has 0 spiro atoms. The van der Waals surface area contributed by atoms with E-state index < -0.39 is 5.97 Å². The van der Waals surface area contributed by atoms with E-state index in [4.69, 9.17) is 5.11 Å². The summed E-state index contributed by atoms with van der Waals surface area (Å²) in [6, 6.07) is 9.05. The first-order valence-corrected chi connectivity index (χ1v) is 8.65. The largest absolute Gasteiger partial charge is 0.481 e. The van der Waals surface area contributed by atoms with Crippen molar-refractivity contribution in [1.29, 1.82) is 0 Å². The van der Waals surface area contributed by atoms with Crippen molar-refractivity contribution < 1.29 is 9.90 Å². The van der Waals surface area contributed by atoms with E-state index in [1.807, 2.05) is 6.07 Å². The molecule has 1 aliphatic rings. The number of benzene rings is 1. The van der Waals surface area contributed by atoms with Gasteiger partial charge in [-0.05, 0) is 43.9 Å². The number of carboxylic acid groups (broad SMARTS) is 1. The lowest BCUT2D eigenvalue weighted by molar-refractivity contribution is -0.137. The Morgan fingerprint density at radius 1 is 1.24 bits per heavy atom. The van der Waals surface area contributed by atoms with Crippen LogP contribution in [0.2, 0.25) is 0 Å². The molecule has 4 heteroatoms. The van der Waals surface area contributed by atoms with Gasteiger partial charge in [-0.1, -0.05) is 47.0 Å². The number of unbranched alkanes of at least 4 members (excludes halogenated alkanes) is 1. The quantitative estimate of drug-likeness (QED) is 0.702. The van der Waals surface area contributed by atoms with Crippen molar-refractivity contribution in [3.8, 4) is 0 Å². The molecular weight excluding hydrogens is 330 g/mol. The average Bonchev–Trinajstić information content (AvgIpc) is 2.98. The van der Waals surface area contributed by atoms with Gasteiger partial charge in [0.25, 0.3) is 0 Å². The van der Waals surface area contributed by atoms with E-state index in [9.17, 15) is 4.79 Å². The summed E-state index contributed by atoms with van der Waals surface area (Å²) in [5, 5.41) is 8.74. The highest BCUT2D eigenvalue weighted by molar-refractivity contribution is 9.10. The molecule has 3 nitrogen and oxygen atoms in total. The van der Waals surface area contributed by atoms with Crippen molar-refractivity contribution in [3.05, 3.63) is 34.3 Å². The molecule has 1 saturated carbocycles. The molecule has 1 N–H and O–H groups in total. The maximum absolute atomic E-state index is 10.6. The van der Waals surface area contributed by atoms with Gasteiger partial charge in [-0.25, -0.2) is 0 Å². The number of halogens is 1. The third kappa shape index (κ3) is 5.44. The zero-order chi connectivity index (χ0) is 15.1. The van der Waals surface area contributed by atoms with E-state index in [-0.39, 0.29) is 6.42 Å². The molecule has 0 bridgehead atoms. The van der Waals surface area contributed by atoms with Crippen LogP contribution in [0.3, 0.4) is 0 Å². The van der Waals surface area contributed by atoms with Gasteiger partial charge in [0.05, 0.1) is 0 Å². The first-order valence-electron chi connectivity index (χ1n) is 7.86. The van der Waals surface area contributed by atoms with Crippen molar-refractivity contribution in [1.82, 2.24) is 4.90 Å². The van der Waals surface area contributed by atoms with E-state index in [0.717, 1.165) is 25.9 Å². The lowest BCUT2D eigenvalue weighted by Gasteiger charge is -2.29. The summed E-state index contributed by atoms with van der Waals surface area (Å²) in [6.45, 7) is 1.96. The van der Waals surface area contributed by atoms with E-state index in [1.165, 1.54) is 35.7 Å². The molecule has 0 aromatic heterocycles. The predicted octanol–water partition coefficient (Wildman–Crippen LogP) is 4.45. The van der Waals surface area contributed by atoms with Crippen LogP contribution in [-0.4, -0.2) is 28.6 Å². The van der Waals surface area contributed by atoms with E-state index in [0.29, 0.717) is 6.04 Å². The number of hydrogen-bond donors (Lipinski definition) is 1. The van der Waals surface area contributed by atoms with Crippen molar-refractivity contribution in [2.24, 2.45) is 0 Å². The lowest BCUT2D eigenvalue weighted by atomic mass is 10.1. The van der Waals surface area contributed by atoms with Crippen LogP contribution in [0, 0.1) is 0 Å². The monoisotopic (exact) mass is 353 g/mol. The van der Waals surface area contributed by atoms with Crippen LogP contribution >= 0.6 is 15.9 Å². The second kappa shape index (κ2) is 8.54. The highest BCUT2D eigenvalue weighted by atomic mass is 79.9. The summed E-state index contributed by atoms with van der Waals surface area (Å²) < 4.78 is 1.17. The Morgan fingerprint density at radius 2 is 1.95 bits per heavy atom. The maximum Gasteiger partial charge on any atom is 0.303 e. The van der Waals surface area contributed by atoms with Gasteiger partial charge >= 0.3 is 5.97 Å². The van der Waals surface area contributed by atoms with Crippen LogP contribution in [0.25, 0.3) is 0 Å². The fourth-order valence-corrected chi connectivity index (χ4v) is 3.51. The summed E-state index contributed by atoms with van der Waals surface area (Å²) in [7, 11) is 0. The Bertz CT molecular complexity index is 458. The molecule has 116 valence electrons. The highest BCUT2D eigenvalue weighted by Crippen LogP contribution is 2.27. The molecule has 21 heavy (non-hydrogen) atoms. The minimum atomic E-state index is -0.687. The Balaban J connectivity index is 1.92. The molecule has 0 heterocycles. The van der Waals surface area contributed by atoms with Crippen molar-refractivity contribution in [2.45, 2.75) is 57.5 Å². The minimum Gasteiger partial charge on any atom is -0.481 e. The fourth-order valence-electron chi connectivity index (χ4n) is 3.10. The van der Waals surface area contributed by atoms with E-state index in [1.54, 1.807) is 0 Å². The van der Waals surface area contributed by atoms with E-state index >= 15 is 0 Å². The van der Waals surface area contributed by atoms with Gasteiger partial charge in [-0.3, -0.25) is 9.69 Å².